The Morgan fingerprint density at radius 1 is 0.775 bits per heavy atom. The molecule has 0 radical (unpaired) electrons. The Bertz CT molecular complexity index is 1440. The fourth-order valence-electron chi connectivity index (χ4n) is 5.06. The van der Waals surface area contributed by atoms with Crippen molar-refractivity contribution in [2.45, 2.75) is 75.1 Å². The van der Waals surface area contributed by atoms with Crippen molar-refractivity contribution in [2.75, 3.05) is 0 Å². The first-order chi connectivity index (χ1) is 18.9. The molecule has 40 heavy (non-hydrogen) atoms. The lowest BCUT2D eigenvalue weighted by Gasteiger charge is -2.46. The van der Waals surface area contributed by atoms with E-state index in [0.29, 0.717) is 5.56 Å². The van der Waals surface area contributed by atoms with Crippen molar-refractivity contribution in [3.8, 4) is 28.6 Å². The first-order valence-corrected chi connectivity index (χ1v) is 12.6. The molecule has 0 saturated carbocycles. The summed E-state index contributed by atoms with van der Waals surface area (Å²) in [5, 5.41) is 83.4. The third-order valence-corrected chi connectivity index (χ3v) is 7.37. The molecule has 216 valence electrons. The second-order valence-corrected chi connectivity index (χ2v) is 10.1. The molecule has 3 heterocycles. The Kier molecular flexibility index (Phi) is 7.50. The quantitative estimate of drug-likeness (QED) is 0.210. The number of aliphatic hydroxyl groups excluding tert-OH is 5. The maximum Gasteiger partial charge on any atom is 0.197 e. The van der Waals surface area contributed by atoms with Crippen molar-refractivity contribution in [2.24, 2.45) is 0 Å². The number of phenolic OH excluding ortho intramolecular Hbond substituents is 3. The van der Waals surface area contributed by atoms with Gasteiger partial charge in [-0.1, -0.05) is 0 Å². The standard InChI is InChI=1S/C27H30O13/c1-9-20(32)23(35)26(40-27-24(36)22(34)19(31)10(2)38-27)25(37-9)18-14(30)8-16-17(21(18)33)13(29)7-15(39-16)11-3-5-12(28)6-4-11/h3-10,19-20,22-28,30-36H,1-2H3. The van der Waals surface area contributed by atoms with E-state index in [1.54, 1.807) is 0 Å². The van der Waals surface area contributed by atoms with E-state index in [0.717, 1.165) is 12.1 Å². The SMILES string of the molecule is CC1OC(OC2C(c3c(O)cc4oc(-c5ccc(O)cc5)cc(=O)c4c3O)OC(C)C(O)C2O)C(O)C(O)C1O. The third kappa shape index (κ3) is 4.80. The summed E-state index contributed by atoms with van der Waals surface area (Å²) in [6.45, 7) is 2.85. The Morgan fingerprint density at radius 2 is 1.40 bits per heavy atom. The van der Waals surface area contributed by atoms with E-state index in [1.807, 2.05) is 0 Å². The Labute approximate surface area is 226 Å². The number of rotatable bonds is 4. The van der Waals surface area contributed by atoms with Gasteiger partial charge in [0, 0.05) is 17.7 Å². The molecule has 13 heteroatoms. The Morgan fingerprint density at radius 3 is 2.08 bits per heavy atom. The van der Waals surface area contributed by atoms with Crippen LogP contribution >= 0.6 is 0 Å². The monoisotopic (exact) mass is 562 g/mol. The third-order valence-electron chi connectivity index (χ3n) is 7.37. The molecule has 10 atom stereocenters. The molecule has 2 aromatic carbocycles. The number of hydrogen-bond donors (Lipinski definition) is 8. The summed E-state index contributed by atoms with van der Waals surface area (Å²) in [5.74, 6) is -1.22. The van der Waals surface area contributed by atoms with Crippen molar-refractivity contribution < 1.29 is 59.5 Å². The Balaban J connectivity index is 1.57. The van der Waals surface area contributed by atoms with Crippen LogP contribution in [0.5, 0.6) is 17.2 Å². The molecule has 0 spiro atoms. The number of benzene rings is 2. The second kappa shape index (κ2) is 10.6. The normalized spacial score (nSPS) is 34.7. The summed E-state index contributed by atoms with van der Waals surface area (Å²) in [5.41, 5.74) is -0.767. The predicted molar refractivity (Wildman–Crippen MR) is 135 cm³/mol. The van der Waals surface area contributed by atoms with Gasteiger partial charge in [-0.25, -0.2) is 0 Å². The number of fused-ring (bicyclic) bond motifs is 1. The van der Waals surface area contributed by atoms with Gasteiger partial charge in [0.1, 0.15) is 76.7 Å². The van der Waals surface area contributed by atoms with Crippen LogP contribution in [0.4, 0.5) is 0 Å². The van der Waals surface area contributed by atoms with Gasteiger partial charge < -0.3 is 59.5 Å². The van der Waals surface area contributed by atoms with Crippen LogP contribution in [0.15, 0.2) is 45.6 Å². The van der Waals surface area contributed by atoms with Gasteiger partial charge in [0.25, 0.3) is 0 Å². The lowest BCUT2D eigenvalue weighted by molar-refractivity contribution is -0.336. The summed E-state index contributed by atoms with van der Waals surface area (Å²) < 4.78 is 22.8. The van der Waals surface area contributed by atoms with Crippen LogP contribution < -0.4 is 5.43 Å². The van der Waals surface area contributed by atoms with Gasteiger partial charge in [-0.05, 0) is 38.1 Å². The highest BCUT2D eigenvalue weighted by Crippen LogP contribution is 2.46. The van der Waals surface area contributed by atoms with Crippen LogP contribution in [-0.4, -0.2) is 96.0 Å². The molecule has 3 aromatic rings. The lowest BCUT2D eigenvalue weighted by Crippen LogP contribution is -2.61. The van der Waals surface area contributed by atoms with Gasteiger partial charge in [-0.3, -0.25) is 4.79 Å². The molecular formula is C27H30O13. The zero-order valence-electron chi connectivity index (χ0n) is 21.4. The molecule has 8 N–H and O–H groups in total. The zero-order chi connectivity index (χ0) is 29.0. The first-order valence-electron chi connectivity index (χ1n) is 12.6. The molecule has 10 unspecified atom stereocenters. The van der Waals surface area contributed by atoms with Crippen molar-refractivity contribution in [1.29, 1.82) is 0 Å². The zero-order valence-corrected chi connectivity index (χ0v) is 21.4. The highest BCUT2D eigenvalue weighted by atomic mass is 16.7. The first kappa shape index (κ1) is 28.3. The molecule has 2 fully saturated rings. The molecule has 2 aliphatic heterocycles. The molecule has 2 saturated heterocycles. The maximum atomic E-state index is 13.1. The van der Waals surface area contributed by atoms with Crippen molar-refractivity contribution >= 4 is 11.0 Å². The average molecular weight is 563 g/mol. The van der Waals surface area contributed by atoms with E-state index < -0.39 is 78.2 Å². The largest absolute Gasteiger partial charge is 0.508 e. The molecule has 0 bridgehead atoms. The molecule has 5 rings (SSSR count). The fourth-order valence-corrected chi connectivity index (χ4v) is 5.06. The summed E-state index contributed by atoms with van der Waals surface area (Å²) in [4.78, 5) is 13.1. The van der Waals surface area contributed by atoms with E-state index in [-0.39, 0.29) is 28.0 Å². The minimum atomic E-state index is -1.76. The van der Waals surface area contributed by atoms with Crippen LogP contribution in [-0.2, 0) is 14.2 Å². The topological polar surface area (TPSA) is 220 Å². The molecule has 1 aromatic heterocycles. The number of phenols is 3. The van der Waals surface area contributed by atoms with Crippen LogP contribution in [0.25, 0.3) is 22.3 Å². The van der Waals surface area contributed by atoms with Gasteiger partial charge in [0.05, 0.1) is 17.8 Å². The van der Waals surface area contributed by atoms with Crippen LogP contribution in [0, 0.1) is 0 Å². The van der Waals surface area contributed by atoms with Crippen molar-refractivity contribution in [3.63, 3.8) is 0 Å². The van der Waals surface area contributed by atoms with Crippen molar-refractivity contribution in [3.05, 3.63) is 52.2 Å². The smallest absolute Gasteiger partial charge is 0.197 e. The van der Waals surface area contributed by atoms with E-state index in [1.165, 1.54) is 38.1 Å². The number of aliphatic hydroxyl groups is 5. The van der Waals surface area contributed by atoms with Gasteiger partial charge >= 0.3 is 0 Å². The summed E-state index contributed by atoms with van der Waals surface area (Å²) in [7, 11) is 0. The van der Waals surface area contributed by atoms with Gasteiger partial charge in [0.15, 0.2) is 11.7 Å². The fraction of sp³-hybridized carbons (Fsp3) is 0.444. The van der Waals surface area contributed by atoms with Gasteiger partial charge in [-0.15, -0.1) is 0 Å². The van der Waals surface area contributed by atoms with E-state index >= 15 is 0 Å². The average Bonchev–Trinajstić information content (AvgIpc) is 2.91. The van der Waals surface area contributed by atoms with Crippen molar-refractivity contribution in [1.82, 2.24) is 0 Å². The minimum absolute atomic E-state index is 0.00361. The van der Waals surface area contributed by atoms with Crippen LogP contribution in [0.3, 0.4) is 0 Å². The molecular weight excluding hydrogens is 532 g/mol. The van der Waals surface area contributed by atoms with E-state index in [4.69, 9.17) is 18.6 Å². The van der Waals surface area contributed by atoms with Gasteiger partial charge in [0.2, 0.25) is 0 Å². The molecule has 0 amide bonds. The number of aromatic hydroxyl groups is 3. The molecule has 13 nitrogen and oxygen atoms in total. The molecule has 0 aliphatic carbocycles. The van der Waals surface area contributed by atoms with Gasteiger partial charge in [-0.2, -0.15) is 0 Å². The maximum absolute atomic E-state index is 13.1. The highest BCUT2D eigenvalue weighted by Gasteiger charge is 2.50. The second-order valence-electron chi connectivity index (χ2n) is 10.1. The van der Waals surface area contributed by atoms with E-state index in [2.05, 4.69) is 0 Å². The number of ether oxygens (including phenoxy) is 3. The Hall–Kier alpha value is -3.27. The number of hydrogen-bond acceptors (Lipinski definition) is 13. The highest BCUT2D eigenvalue weighted by molar-refractivity contribution is 5.88. The molecule has 2 aliphatic rings. The van der Waals surface area contributed by atoms with Crippen LogP contribution in [0.1, 0.15) is 25.5 Å². The van der Waals surface area contributed by atoms with Crippen LogP contribution in [0.2, 0.25) is 0 Å². The summed E-state index contributed by atoms with van der Waals surface area (Å²) >= 11 is 0. The minimum Gasteiger partial charge on any atom is -0.508 e. The lowest BCUT2D eigenvalue weighted by atomic mass is 9.89. The summed E-state index contributed by atoms with van der Waals surface area (Å²) in [6.07, 6.45) is -14.8. The summed E-state index contributed by atoms with van der Waals surface area (Å²) in [6, 6.07) is 8.01. The van der Waals surface area contributed by atoms with E-state index in [9.17, 15) is 45.6 Å². The predicted octanol–water partition coefficient (Wildman–Crippen LogP) is -0.0289.